The number of anilines is 1. The number of nitriles is 1. The Bertz CT molecular complexity index is 902. The van der Waals surface area contributed by atoms with Crippen molar-refractivity contribution in [3.63, 3.8) is 0 Å². The Kier molecular flexibility index (Phi) is 4.91. The van der Waals surface area contributed by atoms with E-state index in [1.165, 1.54) is 0 Å². The van der Waals surface area contributed by atoms with Gasteiger partial charge >= 0.3 is 0 Å². The second kappa shape index (κ2) is 7.45. The third-order valence-corrected chi connectivity index (χ3v) is 3.99. The van der Waals surface area contributed by atoms with Crippen molar-refractivity contribution in [3.8, 4) is 6.07 Å². The van der Waals surface area contributed by atoms with E-state index in [0.29, 0.717) is 17.7 Å². The molecule has 3 aromatic rings. The number of aryl methyl sites for hydroxylation is 1. The summed E-state index contributed by atoms with van der Waals surface area (Å²) < 4.78 is 2.05. The Morgan fingerprint density at radius 2 is 1.80 bits per heavy atom. The molecule has 1 heterocycles. The molecule has 0 aliphatic carbocycles. The van der Waals surface area contributed by atoms with Gasteiger partial charge in [0, 0.05) is 30.2 Å². The molecule has 1 amide bonds. The fraction of sp³-hybridized carbons (Fsp3) is 0.150. The predicted octanol–water partition coefficient (Wildman–Crippen LogP) is 3.56. The van der Waals surface area contributed by atoms with E-state index in [1.807, 2.05) is 49.5 Å². The highest BCUT2D eigenvalue weighted by Crippen LogP contribution is 2.13. The number of carbonyl (C=O) groups excluding carboxylic acids is 1. The Labute approximate surface area is 146 Å². The van der Waals surface area contributed by atoms with Crippen LogP contribution in [0.2, 0.25) is 0 Å². The maximum atomic E-state index is 12.3. The van der Waals surface area contributed by atoms with Crippen molar-refractivity contribution >= 4 is 11.6 Å². The van der Waals surface area contributed by atoms with Crippen LogP contribution in [0.25, 0.3) is 0 Å². The third kappa shape index (κ3) is 4.12. The summed E-state index contributed by atoms with van der Waals surface area (Å²) in [6.07, 6.45) is 4.08. The first-order chi connectivity index (χ1) is 12.2. The number of aromatic nitrogens is 2. The fourth-order valence-corrected chi connectivity index (χ4v) is 2.53. The van der Waals surface area contributed by atoms with Gasteiger partial charge in [0.25, 0.3) is 5.91 Å². The van der Waals surface area contributed by atoms with Crippen molar-refractivity contribution in [2.75, 3.05) is 5.32 Å². The van der Waals surface area contributed by atoms with E-state index in [2.05, 4.69) is 20.9 Å². The number of imidazole rings is 1. The number of carbonyl (C=O) groups is 1. The van der Waals surface area contributed by atoms with Crippen molar-refractivity contribution in [2.24, 2.45) is 0 Å². The summed E-state index contributed by atoms with van der Waals surface area (Å²) in [4.78, 5) is 16.5. The highest BCUT2D eigenvalue weighted by molar-refractivity contribution is 6.04. The van der Waals surface area contributed by atoms with Gasteiger partial charge in [0.1, 0.15) is 5.82 Å². The number of hydrogen-bond donors (Lipinski definition) is 1. The third-order valence-electron chi connectivity index (χ3n) is 3.99. The second-order valence-electron chi connectivity index (χ2n) is 5.79. The molecule has 0 unspecified atom stereocenters. The molecule has 25 heavy (non-hydrogen) atoms. The first kappa shape index (κ1) is 16.5. The van der Waals surface area contributed by atoms with Crippen LogP contribution in [0, 0.1) is 18.3 Å². The standard InChI is InChI=1S/C20H18N4O/c1-15-22-12-13-24(15)14-17-2-6-18(7-3-17)20(25)23-19-8-4-16(5-9-19)10-11-21/h2-9,12-13H,10,14H2,1H3,(H,23,25). The summed E-state index contributed by atoms with van der Waals surface area (Å²) in [6.45, 7) is 2.69. The van der Waals surface area contributed by atoms with Crippen LogP contribution >= 0.6 is 0 Å². The van der Waals surface area contributed by atoms with Gasteiger partial charge in [-0.25, -0.2) is 4.98 Å². The summed E-state index contributed by atoms with van der Waals surface area (Å²) in [5.41, 5.74) is 3.36. The highest BCUT2D eigenvalue weighted by Gasteiger charge is 2.07. The molecule has 0 fully saturated rings. The molecule has 1 N–H and O–H groups in total. The average Bonchev–Trinajstić information content (AvgIpc) is 3.02. The largest absolute Gasteiger partial charge is 0.331 e. The van der Waals surface area contributed by atoms with E-state index in [0.717, 1.165) is 23.5 Å². The minimum atomic E-state index is -0.154. The molecule has 5 nitrogen and oxygen atoms in total. The quantitative estimate of drug-likeness (QED) is 0.777. The molecule has 0 radical (unpaired) electrons. The van der Waals surface area contributed by atoms with Crippen molar-refractivity contribution in [1.82, 2.24) is 9.55 Å². The van der Waals surface area contributed by atoms with Crippen molar-refractivity contribution in [1.29, 1.82) is 5.26 Å². The fourth-order valence-electron chi connectivity index (χ4n) is 2.53. The van der Waals surface area contributed by atoms with Crippen LogP contribution in [0.3, 0.4) is 0 Å². The molecule has 0 bridgehead atoms. The molecule has 5 heteroatoms. The van der Waals surface area contributed by atoms with E-state index < -0.39 is 0 Å². The molecule has 0 aliphatic rings. The van der Waals surface area contributed by atoms with Gasteiger partial charge < -0.3 is 9.88 Å². The topological polar surface area (TPSA) is 70.7 Å². The van der Waals surface area contributed by atoms with Gasteiger partial charge in [-0.05, 0) is 42.3 Å². The van der Waals surface area contributed by atoms with Gasteiger partial charge in [0.2, 0.25) is 0 Å². The van der Waals surface area contributed by atoms with Crippen molar-refractivity contribution in [2.45, 2.75) is 19.9 Å². The lowest BCUT2D eigenvalue weighted by molar-refractivity contribution is 0.102. The number of amides is 1. The van der Waals surface area contributed by atoms with Gasteiger partial charge in [0.05, 0.1) is 12.5 Å². The van der Waals surface area contributed by atoms with Crippen LogP contribution in [0.15, 0.2) is 60.9 Å². The van der Waals surface area contributed by atoms with Crippen LogP contribution in [0.4, 0.5) is 5.69 Å². The maximum absolute atomic E-state index is 12.3. The van der Waals surface area contributed by atoms with Gasteiger partial charge in [-0.2, -0.15) is 5.26 Å². The number of rotatable bonds is 5. The molecular weight excluding hydrogens is 312 g/mol. The Morgan fingerprint density at radius 1 is 1.12 bits per heavy atom. The number of nitrogens with zero attached hydrogens (tertiary/aromatic N) is 3. The average molecular weight is 330 g/mol. The monoisotopic (exact) mass is 330 g/mol. The van der Waals surface area contributed by atoms with E-state index in [9.17, 15) is 4.79 Å². The molecule has 0 saturated heterocycles. The van der Waals surface area contributed by atoms with Gasteiger partial charge in [-0.3, -0.25) is 4.79 Å². The summed E-state index contributed by atoms with van der Waals surface area (Å²) in [5, 5.41) is 11.5. The van der Waals surface area contributed by atoms with E-state index in [-0.39, 0.29) is 5.91 Å². The zero-order chi connectivity index (χ0) is 17.6. The first-order valence-electron chi connectivity index (χ1n) is 7.99. The summed E-state index contributed by atoms with van der Waals surface area (Å²) in [6, 6.07) is 16.9. The minimum Gasteiger partial charge on any atom is -0.331 e. The van der Waals surface area contributed by atoms with Crippen molar-refractivity contribution < 1.29 is 4.79 Å². The first-order valence-corrected chi connectivity index (χ1v) is 7.99. The number of hydrogen-bond acceptors (Lipinski definition) is 3. The summed E-state index contributed by atoms with van der Waals surface area (Å²) in [7, 11) is 0. The lowest BCUT2D eigenvalue weighted by atomic mass is 10.1. The smallest absolute Gasteiger partial charge is 0.255 e. The Balaban J connectivity index is 1.64. The molecule has 3 rings (SSSR count). The molecule has 0 saturated carbocycles. The van der Waals surface area contributed by atoms with E-state index >= 15 is 0 Å². The summed E-state index contributed by atoms with van der Waals surface area (Å²) >= 11 is 0. The van der Waals surface area contributed by atoms with Crippen LogP contribution in [0.1, 0.15) is 27.3 Å². The normalized spacial score (nSPS) is 10.2. The van der Waals surface area contributed by atoms with Crippen LogP contribution < -0.4 is 5.32 Å². The molecule has 1 aromatic heterocycles. The lowest BCUT2D eigenvalue weighted by Crippen LogP contribution is -2.12. The Morgan fingerprint density at radius 3 is 2.40 bits per heavy atom. The number of nitrogens with one attached hydrogen (secondary N) is 1. The molecule has 2 aromatic carbocycles. The summed E-state index contributed by atoms with van der Waals surface area (Å²) in [5.74, 6) is 0.806. The van der Waals surface area contributed by atoms with Gasteiger partial charge in [0.15, 0.2) is 0 Å². The van der Waals surface area contributed by atoms with E-state index in [4.69, 9.17) is 5.26 Å². The van der Waals surface area contributed by atoms with Crippen LogP contribution in [-0.4, -0.2) is 15.5 Å². The van der Waals surface area contributed by atoms with Gasteiger partial charge in [-0.15, -0.1) is 0 Å². The predicted molar refractivity (Wildman–Crippen MR) is 96.2 cm³/mol. The van der Waals surface area contributed by atoms with Gasteiger partial charge in [-0.1, -0.05) is 24.3 Å². The van der Waals surface area contributed by atoms with E-state index in [1.54, 1.807) is 18.3 Å². The second-order valence-corrected chi connectivity index (χ2v) is 5.79. The molecule has 0 aliphatic heterocycles. The molecular formula is C20H18N4O. The van der Waals surface area contributed by atoms with Crippen molar-refractivity contribution in [3.05, 3.63) is 83.4 Å². The minimum absolute atomic E-state index is 0.154. The Hall–Kier alpha value is -3.39. The molecule has 0 spiro atoms. The highest BCUT2D eigenvalue weighted by atomic mass is 16.1. The number of benzene rings is 2. The maximum Gasteiger partial charge on any atom is 0.255 e. The zero-order valence-corrected chi connectivity index (χ0v) is 13.9. The lowest BCUT2D eigenvalue weighted by Gasteiger charge is -2.08. The molecule has 0 atom stereocenters. The molecule has 124 valence electrons. The zero-order valence-electron chi connectivity index (χ0n) is 13.9. The van der Waals surface area contributed by atoms with Crippen LogP contribution in [0.5, 0.6) is 0 Å². The van der Waals surface area contributed by atoms with Crippen LogP contribution in [-0.2, 0) is 13.0 Å². The SMILES string of the molecule is Cc1nccn1Cc1ccc(C(=O)Nc2ccc(CC#N)cc2)cc1.